The van der Waals surface area contributed by atoms with Crippen molar-refractivity contribution in [2.24, 2.45) is 11.8 Å². The summed E-state index contributed by atoms with van der Waals surface area (Å²) in [5.41, 5.74) is 0. The summed E-state index contributed by atoms with van der Waals surface area (Å²) in [5, 5.41) is 9.11. The lowest BCUT2D eigenvalue weighted by molar-refractivity contribution is 0.0350. The molecule has 1 aliphatic carbocycles. The van der Waals surface area contributed by atoms with E-state index in [0.717, 1.165) is 12.8 Å². The van der Waals surface area contributed by atoms with Gasteiger partial charge >= 0.3 is 0 Å². The van der Waals surface area contributed by atoms with Crippen LogP contribution in [0.25, 0.3) is 0 Å². The maximum Gasteiger partial charge on any atom is 0.214 e. The van der Waals surface area contributed by atoms with Crippen LogP contribution in [0.3, 0.4) is 0 Å². The lowest BCUT2D eigenvalue weighted by Crippen LogP contribution is -2.39. The lowest BCUT2D eigenvalue weighted by Gasteiger charge is -2.33. The number of aliphatic hydroxyl groups is 1. The largest absolute Gasteiger partial charge is 0.393 e. The summed E-state index contributed by atoms with van der Waals surface area (Å²) < 4.78 is 24.8. The third-order valence-corrected chi connectivity index (χ3v) is 5.15. The van der Waals surface area contributed by atoms with Gasteiger partial charge in [0.1, 0.15) is 0 Å². The molecule has 0 aromatic rings. The summed E-state index contributed by atoms with van der Waals surface area (Å²) in [5.74, 6) is 0.928. The van der Waals surface area contributed by atoms with Crippen molar-refractivity contribution < 1.29 is 13.5 Å². The Morgan fingerprint density at radius 2 is 2.07 bits per heavy atom. The van der Waals surface area contributed by atoms with Crippen molar-refractivity contribution in [1.82, 2.24) is 4.31 Å². The first-order valence-corrected chi connectivity index (χ1v) is 6.74. The van der Waals surface area contributed by atoms with Crippen LogP contribution in [-0.2, 0) is 10.0 Å². The van der Waals surface area contributed by atoms with Gasteiger partial charge < -0.3 is 5.11 Å². The molecule has 1 unspecified atom stereocenters. The Hall–Kier alpha value is -0.130. The number of hydrogen-bond acceptors (Lipinski definition) is 3. The smallest absolute Gasteiger partial charge is 0.214 e. The van der Waals surface area contributed by atoms with Crippen LogP contribution >= 0.6 is 0 Å². The van der Waals surface area contributed by atoms with Crippen LogP contribution in [-0.4, -0.2) is 42.8 Å². The van der Waals surface area contributed by atoms with Gasteiger partial charge in [-0.3, -0.25) is 0 Å². The van der Waals surface area contributed by atoms with Gasteiger partial charge in [0.25, 0.3) is 0 Å². The highest BCUT2D eigenvalue weighted by atomic mass is 32.2. The molecule has 1 aliphatic heterocycles. The zero-order chi connectivity index (χ0) is 10.3. The van der Waals surface area contributed by atoms with Crippen molar-refractivity contribution in [3.63, 3.8) is 0 Å². The number of aliphatic hydroxyl groups excluding tert-OH is 1. The molecule has 0 amide bonds. The molecule has 0 spiro atoms. The highest BCUT2D eigenvalue weighted by Crippen LogP contribution is 2.30. The Morgan fingerprint density at radius 3 is 2.50 bits per heavy atom. The van der Waals surface area contributed by atoms with E-state index in [0.29, 0.717) is 24.8 Å². The van der Waals surface area contributed by atoms with E-state index in [4.69, 9.17) is 5.11 Å². The Kier molecular flexibility index (Phi) is 2.57. The molecule has 1 heterocycles. The fraction of sp³-hybridized carbons (Fsp3) is 1.00. The minimum absolute atomic E-state index is 0.192. The van der Waals surface area contributed by atoms with Crippen molar-refractivity contribution in [3.8, 4) is 0 Å². The molecule has 0 aromatic carbocycles. The maximum atomic E-state index is 11.6. The van der Waals surface area contributed by atoms with E-state index in [1.165, 1.54) is 0 Å². The normalized spacial score (nSPS) is 42.3. The number of nitrogens with zero attached hydrogens (tertiary/aromatic N) is 1. The minimum atomic E-state index is -2.97. The minimum Gasteiger partial charge on any atom is -0.393 e. The quantitative estimate of drug-likeness (QED) is 0.713. The molecule has 2 aliphatic rings. The van der Waals surface area contributed by atoms with Crippen LogP contribution in [0.2, 0.25) is 0 Å². The molecule has 82 valence electrons. The molecule has 2 fully saturated rings. The molecule has 1 saturated carbocycles. The average molecular weight is 219 g/mol. The van der Waals surface area contributed by atoms with Crippen LogP contribution in [0.1, 0.15) is 19.8 Å². The van der Waals surface area contributed by atoms with E-state index in [9.17, 15) is 8.42 Å². The van der Waals surface area contributed by atoms with E-state index >= 15 is 0 Å². The fourth-order valence-electron chi connectivity index (χ4n) is 2.30. The van der Waals surface area contributed by atoms with Crippen LogP contribution in [0.5, 0.6) is 0 Å². The van der Waals surface area contributed by atoms with Gasteiger partial charge in [0.15, 0.2) is 0 Å². The molecule has 2 rings (SSSR count). The van der Waals surface area contributed by atoms with Crippen molar-refractivity contribution in [3.05, 3.63) is 0 Å². The van der Waals surface area contributed by atoms with Gasteiger partial charge in [-0.25, -0.2) is 12.7 Å². The van der Waals surface area contributed by atoms with Gasteiger partial charge in [-0.2, -0.15) is 0 Å². The maximum absolute atomic E-state index is 11.6. The van der Waals surface area contributed by atoms with Crippen molar-refractivity contribution in [1.29, 1.82) is 0 Å². The topological polar surface area (TPSA) is 57.6 Å². The number of rotatable bonds is 2. The molecular formula is C9H17NO3S. The molecular weight excluding hydrogens is 202 g/mol. The van der Waals surface area contributed by atoms with Crippen LogP contribution in [0.15, 0.2) is 0 Å². The predicted molar refractivity (Wildman–Crippen MR) is 53.3 cm³/mol. The molecule has 0 bridgehead atoms. The van der Waals surface area contributed by atoms with Gasteiger partial charge in [0, 0.05) is 13.1 Å². The third kappa shape index (κ3) is 1.94. The van der Waals surface area contributed by atoms with Gasteiger partial charge in [-0.05, 0) is 24.7 Å². The highest BCUT2D eigenvalue weighted by molar-refractivity contribution is 7.89. The molecule has 1 saturated heterocycles. The Labute approximate surface area is 85.0 Å². The zero-order valence-corrected chi connectivity index (χ0v) is 9.20. The Balaban J connectivity index is 1.92. The molecule has 1 N–H and O–H groups in total. The van der Waals surface area contributed by atoms with E-state index < -0.39 is 10.0 Å². The number of sulfonamides is 1. The Bertz CT molecular complexity index is 308. The summed E-state index contributed by atoms with van der Waals surface area (Å²) in [6.07, 6.45) is 1.34. The van der Waals surface area contributed by atoms with Crippen molar-refractivity contribution in [2.75, 3.05) is 18.8 Å². The summed E-state index contributed by atoms with van der Waals surface area (Å²) in [4.78, 5) is 0. The molecule has 0 radical (unpaired) electrons. The van der Waals surface area contributed by atoms with Gasteiger partial charge in [-0.15, -0.1) is 0 Å². The SMILES string of the molecule is CC1CN(CC2CC(O)C2)S(=O)(=O)C1. The molecule has 5 heteroatoms. The highest BCUT2D eigenvalue weighted by Gasteiger charge is 2.37. The number of hydrogen-bond donors (Lipinski definition) is 1. The van der Waals surface area contributed by atoms with Crippen LogP contribution in [0.4, 0.5) is 0 Å². The first kappa shape index (κ1) is 10.4. The van der Waals surface area contributed by atoms with E-state index in [1.54, 1.807) is 4.31 Å². The molecule has 4 nitrogen and oxygen atoms in total. The molecule has 0 aromatic heterocycles. The second-order valence-corrected chi connectivity index (χ2v) is 6.71. The lowest BCUT2D eigenvalue weighted by atomic mass is 9.82. The average Bonchev–Trinajstić information content (AvgIpc) is 2.21. The first-order valence-electron chi connectivity index (χ1n) is 5.13. The van der Waals surface area contributed by atoms with Gasteiger partial charge in [-0.1, -0.05) is 6.92 Å². The molecule has 14 heavy (non-hydrogen) atoms. The molecule has 1 atom stereocenters. The summed E-state index contributed by atoms with van der Waals surface area (Å²) >= 11 is 0. The van der Waals surface area contributed by atoms with Crippen LogP contribution < -0.4 is 0 Å². The standard InChI is InChI=1S/C9H17NO3S/c1-7-4-10(14(12,13)6-7)5-8-2-9(11)3-8/h7-9,11H,2-6H2,1H3. The van der Waals surface area contributed by atoms with Gasteiger partial charge in [0.05, 0.1) is 11.9 Å². The summed E-state index contributed by atoms with van der Waals surface area (Å²) in [6, 6.07) is 0. The van der Waals surface area contributed by atoms with E-state index in [1.807, 2.05) is 6.92 Å². The first-order chi connectivity index (χ1) is 6.47. The predicted octanol–water partition coefficient (Wildman–Crippen LogP) is 0.0388. The van der Waals surface area contributed by atoms with E-state index in [-0.39, 0.29) is 12.0 Å². The monoisotopic (exact) mass is 219 g/mol. The van der Waals surface area contributed by atoms with E-state index in [2.05, 4.69) is 0 Å². The van der Waals surface area contributed by atoms with Crippen LogP contribution in [0, 0.1) is 11.8 Å². The zero-order valence-electron chi connectivity index (χ0n) is 8.39. The fourth-order valence-corrected chi connectivity index (χ4v) is 4.26. The third-order valence-electron chi connectivity index (χ3n) is 3.08. The van der Waals surface area contributed by atoms with Gasteiger partial charge in [0.2, 0.25) is 10.0 Å². The second-order valence-electron chi connectivity index (χ2n) is 4.69. The summed E-state index contributed by atoms with van der Waals surface area (Å²) in [6.45, 7) is 3.24. The van der Waals surface area contributed by atoms with Crippen molar-refractivity contribution >= 4 is 10.0 Å². The summed E-state index contributed by atoms with van der Waals surface area (Å²) in [7, 11) is -2.97. The Morgan fingerprint density at radius 1 is 1.43 bits per heavy atom. The second kappa shape index (κ2) is 3.47. The van der Waals surface area contributed by atoms with Crippen molar-refractivity contribution in [2.45, 2.75) is 25.9 Å².